The number of nitriles is 1. The summed E-state index contributed by atoms with van der Waals surface area (Å²) in [6.07, 6.45) is 3.89. The molecule has 1 aromatic heterocycles. The molecule has 1 saturated carbocycles. The van der Waals surface area contributed by atoms with Gasteiger partial charge in [-0.1, -0.05) is 0 Å². The van der Waals surface area contributed by atoms with E-state index in [0.29, 0.717) is 23.3 Å². The monoisotopic (exact) mass is 310 g/mol. The number of pyridine rings is 1. The van der Waals surface area contributed by atoms with Gasteiger partial charge in [0.15, 0.2) is 0 Å². The van der Waals surface area contributed by atoms with Crippen LogP contribution in [0.1, 0.15) is 19.3 Å². The maximum absolute atomic E-state index is 11.0. The molecule has 6 nitrogen and oxygen atoms in total. The van der Waals surface area contributed by atoms with Crippen molar-refractivity contribution < 1.29 is 4.92 Å². The first-order chi connectivity index (χ1) is 8.63. The van der Waals surface area contributed by atoms with Crippen molar-refractivity contribution in [2.45, 2.75) is 25.3 Å². The molecule has 0 aliphatic heterocycles. The fraction of sp³-hybridized carbons (Fsp3) is 0.455. The van der Waals surface area contributed by atoms with Gasteiger partial charge in [0.25, 0.3) is 0 Å². The maximum Gasteiger partial charge on any atom is 0.312 e. The summed E-state index contributed by atoms with van der Waals surface area (Å²) in [7, 11) is 0. The largest absolute Gasteiger partial charge is 0.347 e. The summed E-state index contributed by atoms with van der Waals surface area (Å²) >= 11 is 3.18. The first-order valence-electron chi connectivity index (χ1n) is 5.57. The summed E-state index contributed by atoms with van der Waals surface area (Å²) in [4.78, 5) is 16.6. The summed E-state index contributed by atoms with van der Waals surface area (Å²) in [5.74, 6) is 0.362. The molecular formula is C11H11BrN4O2. The Morgan fingerprint density at radius 1 is 1.67 bits per heavy atom. The number of hydrogen-bond donors (Lipinski definition) is 0. The molecule has 0 amide bonds. The lowest BCUT2D eigenvalue weighted by Crippen LogP contribution is -2.28. The quantitative estimate of drug-likeness (QED) is 0.616. The Morgan fingerprint density at radius 3 is 2.94 bits per heavy atom. The molecule has 1 aliphatic rings. The fourth-order valence-corrected chi connectivity index (χ4v) is 2.11. The molecule has 1 heterocycles. The zero-order chi connectivity index (χ0) is 13.1. The van der Waals surface area contributed by atoms with Gasteiger partial charge in [-0.15, -0.1) is 0 Å². The van der Waals surface area contributed by atoms with E-state index in [0.717, 1.165) is 12.8 Å². The average molecular weight is 311 g/mol. The van der Waals surface area contributed by atoms with Crippen molar-refractivity contribution in [1.29, 1.82) is 5.26 Å². The normalized spacial score (nSPS) is 14.0. The Morgan fingerprint density at radius 2 is 2.39 bits per heavy atom. The molecule has 0 spiro atoms. The van der Waals surface area contributed by atoms with Gasteiger partial charge in [-0.25, -0.2) is 4.98 Å². The molecule has 0 aromatic carbocycles. The zero-order valence-corrected chi connectivity index (χ0v) is 11.1. The van der Waals surface area contributed by atoms with Crippen LogP contribution in [0.4, 0.5) is 11.5 Å². The van der Waals surface area contributed by atoms with E-state index >= 15 is 0 Å². The summed E-state index contributed by atoms with van der Waals surface area (Å²) in [5.41, 5.74) is -0.0192. The van der Waals surface area contributed by atoms with Crippen LogP contribution in [-0.4, -0.2) is 22.5 Å². The Hall–Kier alpha value is -1.68. The van der Waals surface area contributed by atoms with E-state index in [9.17, 15) is 10.1 Å². The van der Waals surface area contributed by atoms with E-state index in [1.54, 1.807) is 6.20 Å². The molecule has 1 aliphatic carbocycles. The minimum atomic E-state index is -0.436. The van der Waals surface area contributed by atoms with E-state index in [2.05, 4.69) is 27.0 Å². The van der Waals surface area contributed by atoms with Gasteiger partial charge in [-0.2, -0.15) is 5.26 Å². The van der Waals surface area contributed by atoms with Crippen molar-refractivity contribution in [1.82, 2.24) is 4.98 Å². The Kier molecular flexibility index (Phi) is 3.77. The molecule has 18 heavy (non-hydrogen) atoms. The van der Waals surface area contributed by atoms with Crippen LogP contribution in [0.15, 0.2) is 16.7 Å². The molecule has 0 bridgehead atoms. The van der Waals surface area contributed by atoms with E-state index in [1.165, 1.54) is 6.07 Å². The second-order valence-electron chi connectivity index (χ2n) is 4.09. The lowest BCUT2D eigenvalue weighted by Gasteiger charge is -2.21. The molecule has 2 rings (SSSR count). The van der Waals surface area contributed by atoms with Gasteiger partial charge in [-0.3, -0.25) is 10.1 Å². The molecule has 1 fully saturated rings. The third-order valence-corrected chi connectivity index (χ3v) is 3.17. The van der Waals surface area contributed by atoms with E-state index < -0.39 is 4.92 Å². The molecule has 94 valence electrons. The first-order valence-corrected chi connectivity index (χ1v) is 6.36. The van der Waals surface area contributed by atoms with Crippen molar-refractivity contribution in [2.75, 3.05) is 11.4 Å². The SMILES string of the molecule is N#CCCN(c1ncc(Br)cc1[N+](=O)[O-])C1CC1. The summed E-state index contributed by atoms with van der Waals surface area (Å²) in [6.45, 7) is 0.483. The second-order valence-corrected chi connectivity index (χ2v) is 5.00. The minimum Gasteiger partial charge on any atom is -0.347 e. The summed E-state index contributed by atoms with van der Waals surface area (Å²) < 4.78 is 0.578. The van der Waals surface area contributed by atoms with Crippen molar-refractivity contribution in [3.8, 4) is 6.07 Å². The molecular weight excluding hydrogens is 300 g/mol. The number of aromatic nitrogens is 1. The topological polar surface area (TPSA) is 83.1 Å². The predicted molar refractivity (Wildman–Crippen MR) is 69.2 cm³/mol. The van der Waals surface area contributed by atoms with Crippen LogP contribution >= 0.6 is 15.9 Å². The van der Waals surface area contributed by atoms with E-state index in [-0.39, 0.29) is 11.7 Å². The molecule has 1 aromatic rings. The Bertz CT molecular complexity index is 510. The second kappa shape index (κ2) is 5.31. The van der Waals surface area contributed by atoms with Crippen molar-refractivity contribution in [3.63, 3.8) is 0 Å². The number of rotatable bonds is 5. The molecule has 7 heteroatoms. The number of nitrogens with zero attached hydrogens (tertiary/aromatic N) is 4. The van der Waals surface area contributed by atoms with Gasteiger partial charge < -0.3 is 4.90 Å². The molecule has 0 N–H and O–H groups in total. The smallest absolute Gasteiger partial charge is 0.312 e. The fourth-order valence-electron chi connectivity index (χ4n) is 1.80. The highest BCUT2D eigenvalue weighted by atomic mass is 79.9. The van der Waals surface area contributed by atoms with E-state index in [1.807, 2.05) is 4.90 Å². The highest BCUT2D eigenvalue weighted by molar-refractivity contribution is 9.10. The van der Waals surface area contributed by atoms with Crippen molar-refractivity contribution in [3.05, 3.63) is 26.9 Å². The number of anilines is 1. The van der Waals surface area contributed by atoms with Crippen LogP contribution < -0.4 is 4.90 Å². The van der Waals surface area contributed by atoms with Gasteiger partial charge in [-0.05, 0) is 28.8 Å². The lowest BCUT2D eigenvalue weighted by molar-refractivity contribution is -0.384. The predicted octanol–water partition coefficient (Wildman–Crippen LogP) is 2.63. The van der Waals surface area contributed by atoms with Gasteiger partial charge in [0.1, 0.15) is 0 Å². The molecule has 0 unspecified atom stereocenters. The average Bonchev–Trinajstić information content (AvgIpc) is 3.15. The minimum absolute atomic E-state index is 0.0192. The van der Waals surface area contributed by atoms with Gasteiger partial charge in [0.05, 0.1) is 17.4 Å². The van der Waals surface area contributed by atoms with Gasteiger partial charge in [0, 0.05) is 29.3 Å². The maximum atomic E-state index is 11.0. The number of nitro groups is 1. The standard InChI is InChI=1S/C11H11BrN4O2/c12-8-6-10(16(17)18)11(14-7-8)15(5-1-4-13)9-2-3-9/h6-7,9H,1-3,5H2. The summed E-state index contributed by atoms with van der Waals surface area (Å²) in [6, 6.07) is 3.79. The Labute approximate surface area is 113 Å². The molecule has 0 saturated heterocycles. The van der Waals surface area contributed by atoms with E-state index in [4.69, 9.17) is 5.26 Å². The van der Waals surface area contributed by atoms with Crippen molar-refractivity contribution >= 4 is 27.4 Å². The molecule has 0 atom stereocenters. The highest BCUT2D eigenvalue weighted by Crippen LogP contribution is 2.36. The van der Waals surface area contributed by atoms with Crippen LogP contribution in [0.5, 0.6) is 0 Å². The number of hydrogen-bond acceptors (Lipinski definition) is 5. The third-order valence-electron chi connectivity index (χ3n) is 2.73. The van der Waals surface area contributed by atoms with Crippen LogP contribution in [0.25, 0.3) is 0 Å². The van der Waals surface area contributed by atoms with Gasteiger partial charge >= 0.3 is 5.69 Å². The number of halogens is 1. The first kappa shape index (κ1) is 12.8. The van der Waals surface area contributed by atoms with Crippen LogP contribution in [0.2, 0.25) is 0 Å². The Balaban J connectivity index is 2.34. The third kappa shape index (κ3) is 2.76. The van der Waals surface area contributed by atoms with Crippen LogP contribution in [0, 0.1) is 21.4 Å². The highest BCUT2D eigenvalue weighted by Gasteiger charge is 2.33. The van der Waals surface area contributed by atoms with Crippen LogP contribution in [0.3, 0.4) is 0 Å². The lowest BCUT2D eigenvalue weighted by atomic mass is 10.3. The zero-order valence-electron chi connectivity index (χ0n) is 9.54. The van der Waals surface area contributed by atoms with Crippen LogP contribution in [-0.2, 0) is 0 Å². The van der Waals surface area contributed by atoms with Gasteiger partial charge in [0.2, 0.25) is 5.82 Å². The van der Waals surface area contributed by atoms with Crippen molar-refractivity contribution in [2.24, 2.45) is 0 Å². The summed E-state index contributed by atoms with van der Waals surface area (Å²) in [5, 5.41) is 19.7. The molecule has 0 radical (unpaired) electrons.